The van der Waals surface area contributed by atoms with Crippen molar-refractivity contribution >= 4 is 34.7 Å². The summed E-state index contributed by atoms with van der Waals surface area (Å²) in [5.41, 5.74) is 6.32. The Balaban J connectivity index is 2.10. The quantitative estimate of drug-likeness (QED) is 0.734. The Bertz CT molecular complexity index is 619. The Morgan fingerprint density at radius 3 is 2.53 bits per heavy atom. The van der Waals surface area contributed by atoms with Gasteiger partial charge in [-0.05, 0) is 30.3 Å². The molecule has 0 saturated carbocycles. The molecule has 0 aliphatic heterocycles. The van der Waals surface area contributed by atoms with Crippen molar-refractivity contribution in [1.29, 1.82) is 0 Å². The summed E-state index contributed by atoms with van der Waals surface area (Å²) in [6.07, 6.45) is 0. The lowest BCUT2D eigenvalue weighted by Gasteiger charge is -2.10. The molecule has 0 radical (unpaired) electrons. The van der Waals surface area contributed by atoms with Gasteiger partial charge in [-0.3, -0.25) is 0 Å². The van der Waals surface area contributed by atoms with E-state index in [9.17, 15) is 9.18 Å². The van der Waals surface area contributed by atoms with Crippen LogP contribution in [-0.4, -0.2) is 6.03 Å². The summed E-state index contributed by atoms with van der Waals surface area (Å²) < 4.78 is 13.4. The Kier molecular flexibility index (Phi) is 3.87. The summed E-state index contributed by atoms with van der Waals surface area (Å²) in [7, 11) is 0. The first kappa shape index (κ1) is 13.2. The third-order valence-corrected chi connectivity index (χ3v) is 2.69. The lowest BCUT2D eigenvalue weighted by Crippen LogP contribution is -2.20. The van der Waals surface area contributed by atoms with E-state index in [1.807, 2.05) is 0 Å². The molecule has 0 spiro atoms. The van der Waals surface area contributed by atoms with Crippen LogP contribution in [0.1, 0.15) is 0 Å². The molecule has 2 rings (SSSR count). The summed E-state index contributed by atoms with van der Waals surface area (Å²) in [5, 5.41) is 5.27. The highest BCUT2D eigenvalue weighted by molar-refractivity contribution is 6.33. The minimum absolute atomic E-state index is 0.00422. The number of anilines is 3. The van der Waals surface area contributed by atoms with Crippen LogP contribution in [0.2, 0.25) is 5.02 Å². The average Bonchev–Trinajstić information content (AvgIpc) is 2.37. The first-order valence-electron chi connectivity index (χ1n) is 5.44. The largest absolute Gasteiger partial charge is 0.399 e. The highest BCUT2D eigenvalue weighted by Gasteiger charge is 2.08. The minimum Gasteiger partial charge on any atom is -0.399 e. The van der Waals surface area contributed by atoms with Crippen molar-refractivity contribution in [2.24, 2.45) is 0 Å². The van der Waals surface area contributed by atoms with E-state index in [4.69, 9.17) is 17.3 Å². The normalized spacial score (nSPS) is 10.0. The highest BCUT2D eigenvalue weighted by atomic mass is 35.5. The molecule has 4 nitrogen and oxygen atoms in total. The summed E-state index contributed by atoms with van der Waals surface area (Å²) in [4.78, 5) is 11.7. The van der Waals surface area contributed by atoms with E-state index in [0.717, 1.165) is 0 Å². The van der Waals surface area contributed by atoms with Crippen molar-refractivity contribution in [2.45, 2.75) is 0 Å². The van der Waals surface area contributed by atoms with Gasteiger partial charge in [0.1, 0.15) is 5.82 Å². The van der Waals surface area contributed by atoms with Gasteiger partial charge in [-0.2, -0.15) is 0 Å². The summed E-state index contributed by atoms with van der Waals surface area (Å²) in [6.45, 7) is 0. The zero-order valence-electron chi connectivity index (χ0n) is 9.78. The number of benzene rings is 2. The van der Waals surface area contributed by atoms with Crippen LogP contribution in [0, 0.1) is 5.82 Å². The van der Waals surface area contributed by atoms with E-state index in [-0.39, 0.29) is 5.69 Å². The fourth-order valence-electron chi connectivity index (χ4n) is 1.48. The molecule has 2 aromatic carbocycles. The molecule has 0 bridgehead atoms. The molecule has 0 aromatic heterocycles. The molecular weight excluding hydrogens is 269 g/mol. The molecule has 0 heterocycles. The Labute approximate surface area is 114 Å². The molecule has 0 saturated heterocycles. The van der Waals surface area contributed by atoms with Crippen molar-refractivity contribution in [1.82, 2.24) is 0 Å². The number of rotatable bonds is 2. The molecule has 2 aromatic rings. The van der Waals surface area contributed by atoms with Crippen LogP contribution in [0.3, 0.4) is 0 Å². The Hall–Kier alpha value is -2.27. The zero-order chi connectivity index (χ0) is 13.8. The van der Waals surface area contributed by atoms with Gasteiger partial charge in [0, 0.05) is 5.69 Å². The smallest absolute Gasteiger partial charge is 0.323 e. The fourth-order valence-corrected chi connectivity index (χ4v) is 1.66. The second-order valence-electron chi connectivity index (χ2n) is 3.80. The minimum atomic E-state index is -0.599. The summed E-state index contributed by atoms with van der Waals surface area (Å²) >= 11 is 5.89. The van der Waals surface area contributed by atoms with E-state index in [1.54, 1.807) is 24.3 Å². The molecule has 19 heavy (non-hydrogen) atoms. The molecule has 0 unspecified atom stereocenters. The Morgan fingerprint density at radius 2 is 1.79 bits per heavy atom. The van der Waals surface area contributed by atoms with Crippen LogP contribution in [0.15, 0.2) is 42.5 Å². The number of hydrogen-bond donors (Lipinski definition) is 3. The molecule has 2 amide bonds. The second-order valence-corrected chi connectivity index (χ2v) is 4.21. The monoisotopic (exact) mass is 279 g/mol. The fraction of sp³-hybridized carbons (Fsp3) is 0. The van der Waals surface area contributed by atoms with E-state index >= 15 is 0 Å². The van der Waals surface area contributed by atoms with Crippen molar-refractivity contribution in [3.05, 3.63) is 53.3 Å². The lowest BCUT2D eigenvalue weighted by atomic mass is 10.2. The molecular formula is C13H11ClFN3O. The van der Waals surface area contributed by atoms with E-state index in [0.29, 0.717) is 16.4 Å². The Morgan fingerprint density at radius 1 is 1.11 bits per heavy atom. The molecule has 4 N–H and O–H groups in total. The molecule has 0 fully saturated rings. The number of carbonyl (C=O) groups is 1. The van der Waals surface area contributed by atoms with Crippen molar-refractivity contribution in [3.8, 4) is 0 Å². The topological polar surface area (TPSA) is 67.1 Å². The van der Waals surface area contributed by atoms with Crippen LogP contribution >= 0.6 is 11.6 Å². The number of nitrogens with one attached hydrogen (secondary N) is 2. The maximum absolute atomic E-state index is 13.4. The van der Waals surface area contributed by atoms with Crippen molar-refractivity contribution in [3.63, 3.8) is 0 Å². The number of urea groups is 1. The lowest BCUT2D eigenvalue weighted by molar-refractivity contribution is 0.262. The predicted octanol–water partition coefficient (Wildman–Crippen LogP) is 3.71. The highest BCUT2D eigenvalue weighted by Crippen LogP contribution is 2.21. The van der Waals surface area contributed by atoms with E-state index in [2.05, 4.69) is 10.6 Å². The average molecular weight is 280 g/mol. The standard InChI is InChI=1S/C13H11ClFN3O/c14-9-3-1-2-4-11(9)17-13(19)18-12-7-8(16)5-6-10(12)15/h1-7H,16H2,(H2,17,18,19). The van der Waals surface area contributed by atoms with Gasteiger partial charge in [0.25, 0.3) is 0 Å². The van der Waals surface area contributed by atoms with Crippen LogP contribution < -0.4 is 16.4 Å². The van der Waals surface area contributed by atoms with Gasteiger partial charge < -0.3 is 16.4 Å². The third-order valence-electron chi connectivity index (χ3n) is 2.36. The third kappa shape index (κ3) is 3.35. The number of nitrogens with two attached hydrogens (primary N) is 1. The summed E-state index contributed by atoms with van der Waals surface area (Å²) in [6, 6.07) is 10.1. The van der Waals surface area contributed by atoms with Gasteiger partial charge in [-0.1, -0.05) is 23.7 Å². The molecule has 0 aliphatic rings. The van der Waals surface area contributed by atoms with Crippen molar-refractivity contribution < 1.29 is 9.18 Å². The molecule has 6 heteroatoms. The van der Waals surface area contributed by atoms with Gasteiger partial charge >= 0.3 is 6.03 Å². The van der Waals surface area contributed by atoms with Crippen LogP contribution in [0.5, 0.6) is 0 Å². The van der Waals surface area contributed by atoms with E-state index in [1.165, 1.54) is 18.2 Å². The van der Waals surface area contributed by atoms with Gasteiger partial charge in [-0.25, -0.2) is 9.18 Å². The maximum atomic E-state index is 13.4. The predicted molar refractivity (Wildman–Crippen MR) is 74.9 cm³/mol. The number of amides is 2. The van der Waals surface area contributed by atoms with E-state index < -0.39 is 11.8 Å². The molecule has 0 aliphatic carbocycles. The van der Waals surface area contributed by atoms with Crippen LogP contribution in [-0.2, 0) is 0 Å². The number of carbonyl (C=O) groups excluding carboxylic acids is 1. The van der Waals surface area contributed by atoms with Crippen molar-refractivity contribution in [2.75, 3.05) is 16.4 Å². The number of hydrogen-bond acceptors (Lipinski definition) is 2. The SMILES string of the molecule is Nc1ccc(F)c(NC(=O)Nc2ccccc2Cl)c1. The summed E-state index contributed by atoms with van der Waals surface area (Å²) in [5.74, 6) is -0.566. The number of halogens is 2. The maximum Gasteiger partial charge on any atom is 0.323 e. The van der Waals surface area contributed by atoms with Crippen LogP contribution in [0.4, 0.5) is 26.2 Å². The molecule has 0 atom stereocenters. The van der Waals surface area contributed by atoms with Gasteiger partial charge in [0.2, 0.25) is 0 Å². The first-order valence-corrected chi connectivity index (χ1v) is 5.81. The van der Waals surface area contributed by atoms with Gasteiger partial charge in [0.15, 0.2) is 0 Å². The first-order chi connectivity index (χ1) is 9.06. The second kappa shape index (κ2) is 5.58. The zero-order valence-corrected chi connectivity index (χ0v) is 10.5. The van der Waals surface area contributed by atoms with Gasteiger partial charge in [-0.15, -0.1) is 0 Å². The van der Waals surface area contributed by atoms with Crippen LogP contribution in [0.25, 0.3) is 0 Å². The van der Waals surface area contributed by atoms with Gasteiger partial charge in [0.05, 0.1) is 16.4 Å². The number of para-hydroxylation sites is 1. The number of nitrogen functional groups attached to an aromatic ring is 1. The molecule has 98 valence electrons.